The van der Waals surface area contributed by atoms with Crippen LogP contribution in [0.2, 0.25) is 0 Å². The van der Waals surface area contributed by atoms with Gasteiger partial charge in [0.25, 0.3) is 0 Å². The number of hydrogen-bond donors (Lipinski definition) is 1. The molecule has 4 rings (SSSR count). The van der Waals surface area contributed by atoms with Crippen molar-refractivity contribution in [3.8, 4) is 0 Å². The molecule has 0 spiro atoms. The number of fused-ring (bicyclic) bond motifs is 5. The minimum absolute atomic E-state index is 0.0405. The minimum atomic E-state index is -0.538. The average molecular weight is 440 g/mol. The molecule has 0 bridgehead atoms. The van der Waals surface area contributed by atoms with Crippen molar-refractivity contribution in [3.05, 3.63) is 35.5 Å². The largest absolute Gasteiger partial charge is 0.458 e. The van der Waals surface area contributed by atoms with Gasteiger partial charge in [0.05, 0.1) is 0 Å². The van der Waals surface area contributed by atoms with Crippen molar-refractivity contribution in [2.45, 2.75) is 66.2 Å². The summed E-state index contributed by atoms with van der Waals surface area (Å²) < 4.78 is 5.35. The highest BCUT2D eigenvalue weighted by Gasteiger charge is 2.65. The Morgan fingerprint density at radius 2 is 2.00 bits per heavy atom. The average Bonchev–Trinajstić information content (AvgIpc) is 2.98. The van der Waals surface area contributed by atoms with Crippen molar-refractivity contribution in [1.29, 1.82) is 0 Å². The highest BCUT2D eigenvalue weighted by molar-refractivity contribution is 6.01. The minimum Gasteiger partial charge on any atom is -0.458 e. The summed E-state index contributed by atoms with van der Waals surface area (Å²) >= 11 is 0. The maximum atomic E-state index is 13.5. The number of hydrogen-bond acceptors (Lipinski definition) is 5. The molecule has 2 saturated carbocycles. The number of rotatable bonds is 6. The molecule has 6 atom stereocenters. The van der Waals surface area contributed by atoms with Gasteiger partial charge in [-0.25, -0.2) is 0 Å². The lowest BCUT2D eigenvalue weighted by Crippen LogP contribution is -2.51. The van der Waals surface area contributed by atoms with E-state index in [4.69, 9.17) is 10.5 Å². The van der Waals surface area contributed by atoms with E-state index in [0.29, 0.717) is 24.8 Å². The van der Waals surface area contributed by atoms with Crippen LogP contribution in [0.15, 0.2) is 35.5 Å². The first-order valence-corrected chi connectivity index (χ1v) is 12.1. The highest BCUT2D eigenvalue weighted by Crippen LogP contribution is 2.69. The van der Waals surface area contributed by atoms with Gasteiger partial charge in [0.15, 0.2) is 18.2 Å². The maximum Gasteiger partial charge on any atom is 0.306 e. The van der Waals surface area contributed by atoms with Crippen LogP contribution in [0.5, 0.6) is 0 Å². The van der Waals surface area contributed by atoms with E-state index in [2.05, 4.69) is 39.8 Å². The molecule has 2 fully saturated rings. The van der Waals surface area contributed by atoms with Crippen molar-refractivity contribution in [2.24, 2.45) is 39.7 Å². The molecule has 4 aliphatic carbocycles. The van der Waals surface area contributed by atoms with Gasteiger partial charge in [0, 0.05) is 17.3 Å². The summed E-state index contributed by atoms with van der Waals surface area (Å²) in [4.78, 5) is 37.5. The Hall–Kier alpha value is -2.01. The summed E-state index contributed by atoms with van der Waals surface area (Å²) in [6.07, 6.45) is 12.6. The molecule has 0 aromatic heterocycles. The van der Waals surface area contributed by atoms with E-state index in [1.807, 2.05) is 6.08 Å². The molecular weight excluding hydrogens is 402 g/mol. The fourth-order valence-corrected chi connectivity index (χ4v) is 7.30. The number of carbonyl (C=O) groups is 3. The molecule has 4 aliphatic rings. The second kappa shape index (κ2) is 8.09. The quantitative estimate of drug-likeness (QED) is 0.492. The third-order valence-corrected chi connectivity index (χ3v) is 9.65. The van der Waals surface area contributed by atoms with Crippen LogP contribution in [0.25, 0.3) is 0 Å². The first-order valence-electron chi connectivity index (χ1n) is 12.1. The molecule has 0 heterocycles. The van der Waals surface area contributed by atoms with E-state index < -0.39 is 5.41 Å². The van der Waals surface area contributed by atoms with Gasteiger partial charge in [-0.15, -0.1) is 0 Å². The second-order valence-corrected chi connectivity index (χ2v) is 11.0. The Kier molecular flexibility index (Phi) is 5.85. The predicted molar refractivity (Wildman–Crippen MR) is 124 cm³/mol. The number of Topliss-reactive ketones (excluding diaryl/α,β-unsaturated/α-hetero) is 1. The van der Waals surface area contributed by atoms with Crippen molar-refractivity contribution < 1.29 is 19.1 Å². The van der Waals surface area contributed by atoms with Crippen LogP contribution in [0.4, 0.5) is 0 Å². The van der Waals surface area contributed by atoms with Gasteiger partial charge in [-0.3, -0.25) is 14.4 Å². The highest BCUT2D eigenvalue weighted by atomic mass is 16.5. The number of ether oxygens (including phenoxy) is 1. The van der Waals surface area contributed by atoms with Crippen LogP contribution in [0, 0.1) is 34.0 Å². The molecule has 0 aromatic carbocycles. The number of ketones is 2. The van der Waals surface area contributed by atoms with E-state index in [9.17, 15) is 14.4 Å². The molecule has 0 aliphatic heterocycles. The van der Waals surface area contributed by atoms with Gasteiger partial charge >= 0.3 is 5.97 Å². The molecule has 32 heavy (non-hydrogen) atoms. The van der Waals surface area contributed by atoms with Gasteiger partial charge in [0.1, 0.15) is 0 Å². The molecule has 0 amide bonds. The van der Waals surface area contributed by atoms with E-state index in [1.165, 1.54) is 11.1 Å². The molecule has 0 aromatic rings. The first kappa shape index (κ1) is 23.2. The lowest BCUT2D eigenvalue weighted by atomic mass is 9.49. The third kappa shape index (κ3) is 3.27. The molecular formula is C27H37NO4. The Labute approximate surface area is 191 Å². The van der Waals surface area contributed by atoms with Gasteiger partial charge < -0.3 is 10.5 Å². The molecule has 0 saturated heterocycles. The van der Waals surface area contributed by atoms with Crippen molar-refractivity contribution >= 4 is 17.5 Å². The van der Waals surface area contributed by atoms with E-state index >= 15 is 0 Å². The van der Waals surface area contributed by atoms with Crippen molar-refractivity contribution in [1.82, 2.24) is 0 Å². The zero-order valence-corrected chi connectivity index (χ0v) is 19.9. The predicted octanol–water partition coefficient (Wildman–Crippen LogP) is 4.32. The number of allylic oxidation sites excluding steroid dienone is 6. The topological polar surface area (TPSA) is 86.5 Å². The van der Waals surface area contributed by atoms with Crippen LogP contribution >= 0.6 is 0 Å². The van der Waals surface area contributed by atoms with E-state index in [1.54, 1.807) is 6.08 Å². The van der Waals surface area contributed by atoms with Crippen LogP contribution in [-0.2, 0) is 19.1 Å². The Morgan fingerprint density at radius 3 is 2.72 bits per heavy atom. The zero-order chi connectivity index (χ0) is 23.3. The fraction of sp³-hybridized carbons (Fsp3) is 0.667. The third-order valence-electron chi connectivity index (χ3n) is 9.65. The Balaban J connectivity index is 1.60. The van der Waals surface area contributed by atoms with Crippen LogP contribution in [-0.4, -0.2) is 30.7 Å². The van der Waals surface area contributed by atoms with E-state index in [-0.39, 0.29) is 47.3 Å². The Morgan fingerprint density at radius 1 is 1.25 bits per heavy atom. The maximum absolute atomic E-state index is 13.5. The van der Waals surface area contributed by atoms with Crippen molar-refractivity contribution in [2.75, 3.05) is 13.2 Å². The normalized spacial score (nSPS) is 40.0. The molecule has 2 unspecified atom stereocenters. The van der Waals surface area contributed by atoms with Gasteiger partial charge in [-0.05, 0) is 80.9 Å². The summed E-state index contributed by atoms with van der Waals surface area (Å²) in [5, 5.41) is 0. The first-order chi connectivity index (χ1) is 15.1. The van der Waals surface area contributed by atoms with Crippen LogP contribution < -0.4 is 5.73 Å². The number of carbonyl (C=O) groups excluding carboxylic acids is 3. The summed E-state index contributed by atoms with van der Waals surface area (Å²) in [6, 6.07) is 0. The molecule has 5 nitrogen and oxygen atoms in total. The standard InChI is InChI=1S/C27H37NO4/c1-17-14-22-20-8-7-18-15-19(29)9-11-25(18,2)21(20)10-12-26(22,3)27(17,4)23(30)16-32-24(31)6-5-13-28/h9-11,15,17,20,22H,5-8,12-14,16,28H2,1-4H3/t17-,20?,22?,25+,26+,27-/m1/s1. The SMILES string of the molecule is C[C@@H]1CC2C3CCC4=CC(=O)C=C[C@]4(C)C3=CC[C@]2(C)[C@@]1(C)C(=O)COC(=O)CCCN. The smallest absolute Gasteiger partial charge is 0.306 e. The van der Waals surface area contributed by atoms with Crippen LogP contribution in [0.1, 0.15) is 66.2 Å². The van der Waals surface area contributed by atoms with Gasteiger partial charge in [0.2, 0.25) is 0 Å². The molecule has 5 heteroatoms. The second-order valence-electron chi connectivity index (χ2n) is 11.0. The summed E-state index contributed by atoms with van der Waals surface area (Å²) in [5.74, 6) is 0.823. The van der Waals surface area contributed by atoms with Gasteiger partial charge in [-0.2, -0.15) is 0 Å². The number of esters is 1. The lowest BCUT2D eigenvalue weighted by Gasteiger charge is -2.54. The molecule has 2 N–H and O–H groups in total. The summed E-state index contributed by atoms with van der Waals surface area (Å²) in [5.41, 5.74) is 7.23. The Bertz CT molecular complexity index is 930. The summed E-state index contributed by atoms with van der Waals surface area (Å²) in [6.45, 7) is 9.09. The van der Waals surface area contributed by atoms with E-state index in [0.717, 1.165) is 25.7 Å². The zero-order valence-electron chi connectivity index (χ0n) is 19.9. The number of nitrogens with two attached hydrogens (primary N) is 1. The van der Waals surface area contributed by atoms with Crippen molar-refractivity contribution in [3.63, 3.8) is 0 Å². The molecule has 0 radical (unpaired) electrons. The van der Waals surface area contributed by atoms with Crippen LogP contribution in [0.3, 0.4) is 0 Å². The fourth-order valence-electron chi connectivity index (χ4n) is 7.30. The molecule has 174 valence electrons. The lowest BCUT2D eigenvalue weighted by molar-refractivity contribution is -0.155. The summed E-state index contributed by atoms with van der Waals surface area (Å²) in [7, 11) is 0. The monoisotopic (exact) mass is 439 g/mol. The van der Waals surface area contributed by atoms with Gasteiger partial charge in [-0.1, -0.05) is 44.1 Å².